The molecule has 6 nitrogen and oxygen atoms in total. The molecule has 4 rings (SSSR count). The summed E-state index contributed by atoms with van der Waals surface area (Å²) in [6.07, 6.45) is 1.40. The van der Waals surface area contributed by atoms with Gasteiger partial charge in [-0.25, -0.2) is 4.79 Å². The highest BCUT2D eigenvalue weighted by molar-refractivity contribution is 5.99. The van der Waals surface area contributed by atoms with Gasteiger partial charge in [0, 0.05) is 5.41 Å². The molecule has 0 aromatic carbocycles. The van der Waals surface area contributed by atoms with Gasteiger partial charge < -0.3 is 18.9 Å². The van der Waals surface area contributed by atoms with Crippen LogP contribution in [0.4, 0.5) is 0 Å². The number of methoxy groups -OCH3 is 1. The minimum atomic E-state index is -0.704. The zero-order valence-electron chi connectivity index (χ0n) is 14.4. The summed E-state index contributed by atoms with van der Waals surface area (Å²) in [6.45, 7) is 7.07. The SMILES string of the molecule is COC(=O)C1=C2OCCOC2=C2C(C)(C)CC[C@@H]3OC(=O)[C@H]1[C@]23C. The van der Waals surface area contributed by atoms with Gasteiger partial charge in [0.05, 0.1) is 12.7 Å². The van der Waals surface area contributed by atoms with Crippen molar-refractivity contribution in [3.05, 3.63) is 22.7 Å². The summed E-state index contributed by atoms with van der Waals surface area (Å²) in [4.78, 5) is 25.2. The second-order valence-electron chi connectivity index (χ2n) is 7.70. The fourth-order valence-corrected chi connectivity index (χ4v) is 5.00. The van der Waals surface area contributed by atoms with Crippen molar-refractivity contribution in [1.82, 2.24) is 0 Å². The molecule has 0 unspecified atom stereocenters. The summed E-state index contributed by atoms with van der Waals surface area (Å²) >= 11 is 0. The monoisotopic (exact) mass is 334 g/mol. The highest BCUT2D eigenvalue weighted by Crippen LogP contribution is 2.64. The van der Waals surface area contributed by atoms with Gasteiger partial charge in [0.2, 0.25) is 0 Å². The van der Waals surface area contributed by atoms with Gasteiger partial charge in [0.1, 0.15) is 25.2 Å². The molecule has 3 atom stereocenters. The first-order chi connectivity index (χ1) is 11.3. The zero-order valence-corrected chi connectivity index (χ0v) is 14.4. The van der Waals surface area contributed by atoms with E-state index in [1.54, 1.807) is 0 Å². The molecule has 2 aliphatic heterocycles. The molecule has 0 aromatic rings. The van der Waals surface area contributed by atoms with Crippen molar-refractivity contribution in [2.45, 2.75) is 39.7 Å². The topological polar surface area (TPSA) is 71.1 Å². The van der Waals surface area contributed by atoms with E-state index in [-0.39, 0.29) is 23.1 Å². The second kappa shape index (κ2) is 4.77. The maximum absolute atomic E-state index is 12.7. The molecule has 4 aliphatic rings. The molecule has 2 heterocycles. The fourth-order valence-electron chi connectivity index (χ4n) is 5.00. The molecular formula is C18H22O6. The molecule has 0 amide bonds. The van der Waals surface area contributed by atoms with E-state index in [0.717, 1.165) is 18.4 Å². The summed E-state index contributed by atoms with van der Waals surface area (Å²) < 4.78 is 22.4. The lowest BCUT2D eigenvalue weighted by Crippen LogP contribution is -2.50. The van der Waals surface area contributed by atoms with Crippen LogP contribution >= 0.6 is 0 Å². The molecule has 0 radical (unpaired) electrons. The standard InChI is InChI=1S/C18H22O6/c1-17(2)6-5-9-18(3)11(16(20)24-9)10(15(19)21-4)12-13(14(17)18)23-8-7-22-12/h9,11H,5-8H2,1-4H3/t9-,11-,18+/m0/s1. The lowest BCUT2D eigenvalue weighted by atomic mass is 9.52. The predicted octanol–water partition coefficient (Wildman–Crippen LogP) is 2.10. The molecule has 6 heteroatoms. The van der Waals surface area contributed by atoms with Gasteiger partial charge in [0.15, 0.2) is 11.5 Å². The Balaban J connectivity index is 2.05. The average Bonchev–Trinajstić information content (AvgIpc) is 2.80. The first-order valence-corrected chi connectivity index (χ1v) is 8.36. The third-order valence-corrected chi connectivity index (χ3v) is 5.96. The summed E-state index contributed by atoms with van der Waals surface area (Å²) in [5.41, 5.74) is 0.496. The summed E-state index contributed by atoms with van der Waals surface area (Å²) in [5.74, 6) is -0.672. The van der Waals surface area contributed by atoms with Gasteiger partial charge in [-0.15, -0.1) is 0 Å². The molecule has 1 saturated carbocycles. The van der Waals surface area contributed by atoms with E-state index >= 15 is 0 Å². The molecular weight excluding hydrogens is 312 g/mol. The van der Waals surface area contributed by atoms with Gasteiger partial charge >= 0.3 is 11.9 Å². The van der Waals surface area contributed by atoms with Gasteiger partial charge in [0.25, 0.3) is 0 Å². The van der Waals surface area contributed by atoms with Crippen molar-refractivity contribution in [1.29, 1.82) is 0 Å². The van der Waals surface area contributed by atoms with Crippen LogP contribution in [0.5, 0.6) is 0 Å². The molecule has 0 spiro atoms. The summed E-state index contributed by atoms with van der Waals surface area (Å²) in [5, 5.41) is 0. The Labute approximate surface area is 140 Å². The highest BCUT2D eigenvalue weighted by atomic mass is 16.6. The van der Waals surface area contributed by atoms with E-state index in [9.17, 15) is 9.59 Å². The number of hydrogen-bond acceptors (Lipinski definition) is 6. The Bertz CT molecular complexity index is 700. The Morgan fingerprint density at radius 3 is 2.50 bits per heavy atom. The lowest BCUT2D eigenvalue weighted by Gasteiger charge is -2.51. The van der Waals surface area contributed by atoms with Gasteiger partial charge in [-0.1, -0.05) is 20.8 Å². The quantitative estimate of drug-likeness (QED) is 0.684. The molecule has 3 fully saturated rings. The molecule has 0 bridgehead atoms. The van der Waals surface area contributed by atoms with E-state index in [1.807, 2.05) is 6.92 Å². The van der Waals surface area contributed by atoms with Crippen LogP contribution in [-0.2, 0) is 28.5 Å². The first kappa shape index (κ1) is 15.5. The Kier molecular flexibility index (Phi) is 3.09. The van der Waals surface area contributed by atoms with Crippen LogP contribution in [0.25, 0.3) is 0 Å². The van der Waals surface area contributed by atoms with Crippen LogP contribution in [0.1, 0.15) is 33.6 Å². The normalized spacial score (nSPS) is 36.2. The van der Waals surface area contributed by atoms with E-state index < -0.39 is 17.3 Å². The van der Waals surface area contributed by atoms with Crippen LogP contribution in [0.2, 0.25) is 0 Å². The second-order valence-corrected chi connectivity index (χ2v) is 7.70. The van der Waals surface area contributed by atoms with Crippen LogP contribution in [0, 0.1) is 16.7 Å². The maximum atomic E-state index is 12.7. The molecule has 24 heavy (non-hydrogen) atoms. The van der Waals surface area contributed by atoms with Crippen molar-refractivity contribution in [2.24, 2.45) is 16.7 Å². The van der Waals surface area contributed by atoms with Crippen molar-refractivity contribution >= 4 is 11.9 Å². The number of carbonyl (C=O) groups is 2. The average molecular weight is 334 g/mol. The highest BCUT2D eigenvalue weighted by Gasteiger charge is 2.67. The zero-order chi connectivity index (χ0) is 17.3. The predicted molar refractivity (Wildman–Crippen MR) is 82.5 cm³/mol. The summed E-state index contributed by atoms with van der Waals surface area (Å²) in [6, 6.07) is 0. The summed E-state index contributed by atoms with van der Waals surface area (Å²) in [7, 11) is 1.31. The van der Waals surface area contributed by atoms with E-state index in [2.05, 4.69) is 13.8 Å². The van der Waals surface area contributed by atoms with Crippen LogP contribution in [0.15, 0.2) is 22.7 Å². The number of hydrogen-bond donors (Lipinski definition) is 0. The molecule has 2 saturated heterocycles. The van der Waals surface area contributed by atoms with Crippen LogP contribution in [-0.4, -0.2) is 38.4 Å². The number of esters is 2. The smallest absolute Gasteiger partial charge is 0.338 e. The van der Waals surface area contributed by atoms with E-state index in [1.165, 1.54) is 7.11 Å². The van der Waals surface area contributed by atoms with Gasteiger partial charge in [-0.05, 0) is 23.8 Å². The number of rotatable bonds is 1. The first-order valence-electron chi connectivity index (χ1n) is 8.36. The van der Waals surface area contributed by atoms with Gasteiger partial charge in [-0.3, -0.25) is 4.79 Å². The Morgan fingerprint density at radius 2 is 1.83 bits per heavy atom. The molecule has 0 N–H and O–H groups in total. The number of carbonyl (C=O) groups excluding carboxylic acids is 2. The number of ether oxygens (including phenoxy) is 4. The third-order valence-electron chi connectivity index (χ3n) is 5.96. The van der Waals surface area contributed by atoms with Gasteiger partial charge in [-0.2, -0.15) is 0 Å². The van der Waals surface area contributed by atoms with E-state index in [4.69, 9.17) is 18.9 Å². The number of fused-ring (bicyclic) bond motifs is 1. The Hall–Kier alpha value is -1.98. The third kappa shape index (κ3) is 1.71. The van der Waals surface area contributed by atoms with Crippen molar-refractivity contribution < 1.29 is 28.5 Å². The Morgan fingerprint density at radius 1 is 1.17 bits per heavy atom. The van der Waals surface area contributed by atoms with E-state index in [0.29, 0.717) is 24.7 Å². The maximum Gasteiger partial charge on any atom is 0.338 e. The minimum absolute atomic E-state index is 0.166. The lowest BCUT2D eigenvalue weighted by molar-refractivity contribution is -0.146. The largest absolute Gasteiger partial charge is 0.486 e. The molecule has 0 aromatic heterocycles. The minimum Gasteiger partial charge on any atom is -0.486 e. The molecule has 2 aliphatic carbocycles. The molecule has 130 valence electrons. The fraction of sp³-hybridized carbons (Fsp3) is 0.667. The van der Waals surface area contributed by atoms with Crippen molar-refractivity contribution in [3.63, 3.8) is 0 Å². The van der Waals surface area contributed by atoms with Crippen molar-refractivity contribution in [3.8, 4) is 0 Å². The van der Waals surface area contributed by atoms with Crippen LogP contribution in [0.3, 0.4) is 0 Å². The van der Waals surface area contributed by atoms with Crippen molar-refractivity contribution in [2.75, 3.05) is 20.3 Å². The van der Waals surface area contributed by atoms with Crippen LogP contribution < -0.4 is 0 Å².